The van der Waals surface area contributed by atoms with Gasteiger partial charge < -0.3 is 34.3 Å². The van der Waals surface area contributed by atoms with Crippen LogP contribution in [0.3, 0.4) is 0 Å². The molecule has 50 heavy (non-hydrogen) atoms. The number of hydrogen-bond donors (Lipinski definition) is 2. The van der Waals surface area contributed by atoms with Crippen LogP contribution in [-0.4, -0.2) is 55.1 Å². The molecule has 1 saturated heterocycles. The Morgan fingerprint density at radius 3 is 2.26 bits per heavy atom. The van der Waals surface area contributed by atoms with Crippen molar-refractivity contribution in [3.8, 4) is 17.2 Å². The molecule has 1 saturated carbocycles. The summed E-state index contributed by atoms with van der Waals surface area (Å²) in [5, 5.41) is 13.2. The molecule has 1 aliphatic carbocycles. The van der Waals surface area contributed by atoms with Gasteiger partial charge >= 0.3 is 18.4 Å². The Hall–Kier alpha value is -3.39. The molecular weight excluding hydrogens is 670 g/mol. The fraction of sp³-hybridized carbons (Fsp3) is 0.639. The average Bonchev–Trinajstić information content (AvgIpc) is 3.56. The van der Waals surface area contributed by atoms with Gasteiger partial charge in [0.05, 0.1) is 6.61 Å². The highest BCUT2D eigenvalue weighted by Crippen LogP contribution is 2.51. The van der Waals surface area contributed by atoms with Crippen molar-refractivity contribution >= 4 is 6.03 Å². The first kappa shape index (κ1) is 37.9. The fourth-order valence-corrected chi connectivity index (χ4v) is 7.09. The molecule has 5 rings (SSSR count). The Morgan fingerprint density at radius 1 is 0.940 bits per heavy atom. The molecule has 2 aromatic rings. The lowest BCUT2D eigenvalue weighted by atomic mass is 9.83. The monoisotopic (exact) mass is 716 g/mol. The van der Waals surface area contributed by atoms with E-state index in [0.29, 0.717) is 56.1 Å². The van der Waals surface area contributed by atoms with E-state index < -0.39 is 29.2 Å². The number of carbonyl (C=O) groups excluding carboxylic acids is 1. The molecule has 2 aromatic carbocycles. The molecule has 1 unspecified atom stereocenters. The summed E-state index contributed by atoms with van der Waals surface area (Å²) in [6, 6.07) is 6.68. The van der Waals surface area contributed by atoms with Crippen molar-refractivity contribution in [2.45, 2.75) is 115 Å². The van der Waals surface area contributed by atoms with Crippen LogP contribution < -0.4 is 19.5 Å². The molecule has 0 bridgehead atoms. The molecule has 2 fully saturated rings. The van der Waals surface area contributed by atoms with Gasteiger partial charge in [-0.2, -0.15) is 26.3 Å². The number of unbranched alkanes of at least 4 members (excludes halogenated alkanes) is 1. The number of alkyl halides is 6. The molecular formula is C36H46F6N2O6. The van der Waals surface area contributed by atoms with Gasteiger partial charge in [-0.05, 0) is 79.8 Å². The van der Waals surface area contributed by atoms with E-state index in [9.17, 15) is 36.2 Å². The van der Waals surface area contributed by atoms with Crippen molar-refractivity contribution in [2.75, 3.05) is 26.7 Å². The van der Waals surface area contributed by atoms with Crippen molar-refractivity contribution in [1.82, 2.24) is 10.2 Å². The third-order valence-corrected chi connectivity index (χ3v) is 10.0. The summed E-state index contributed by atoms with van der Waals surface area (Å²) in [4.78, 5) is 14.7. The number of urea groups is 1. The Balaban J connectivity index is 1.26. The van der Waals surface area contributed by atoms with E-state index in [1.165, 1.54) is 4.90 Å². The second kappa shape index (κ2) is 15.5. The molecule has 2 heterocycles. The van der Waals surface area contributed by atoms with Crippen molar-refractivity contribution in [1.29, 1.82) is 0 Å². The Labute approximate surface area is 288 Å². The number of rotatable bonds is 14. The highest BCUT2D eigenvalue weighted by atomic mass is 19.4. The zero-order valence-corrected chi connectivity index (χ0v) is 28.5. The summed E-state index contributed by atoms with van der Waals surface area (Å²) in [7, 11) is 0. The van der Waals surface area contributed by atoms with Crippen LogP contribution in [0.5, 0.6) is 17.2 Å². The minimum atomic E-state index is -5.98. The number of aryl methyl sites for hydroxylation is 2. The van der Waals surface area contributed by atoms with Crippen LogP contribution in [0.2, 0.25) is 0 Å². The van der Waals surface area contributed by atoms with Gasteiger partial charge in [0.2, 0.25) is 6.79 Å². The van der Waals surface area contributed by atoms with Crippen molar-refractivity contribution < 1.29 is 55.2 Å². The predicted octanol–water partition coefficient (Wildman–Crippen LogP) is 8.61. The third-order valence-electron chi connectivity index (χ3n) is 10.0. The Kier molecular flexibility index (Phi) is 11.7. The number of nitrogens with one attached hydrogen (secondary N) is 1. The summed E-state index contributed by atoms with van der Waals surface area (Å²) in [6.07, 6.45) is -4.03. The molecule has 0 aromatic heterocycles. The smallest absolute Gasteiger partial charge is 0.430 e. The number of ether oxygens (including phenoxy) is 4. The lowest BCUT2D eigenvalue weighted by molar-refractivity contribution is -0.376. The molecule has 1 atom stereocenters. The molecule has 0 radical (unpaired) electrons. The number of fused-ring (bicyclic) bond motifs is 1. The lowest BCUT2D eigenvalue weighted by Crippen LogP contribution is -2.59. The number of aliphatic hydroxyl groups is 1. The summed E-state index contributed by atoms with van der Waals surface area (Å²) in [6.45, 7) is 4.27. The quantitative estimate of drug-likeness (QED) is 0.150. The molecule has 278 valence electrons. The SMILES string of the molecule is CCCc1cc(C(O)(C(F)(F)F)C(F)(F)F)cc(CCC2CCCCC2)c1OCCCCN1COC(CC)(c2ccc3c(c2)OCO3)NC1=O. The van der Waals surface area contributed by atoms with E-state index in [4.69, 9.17) is 18.9 Å². The molecule has 2 amide bonds. The van der Waals surface area contributed by atoms with Gasteiger partial charge in [0, 0.05) is 17.7 Å². The number of benzene rings is 2. The first-order chi connectivity index (χ1) is 23.7. The van der Waals surface area contributed by atoms with E-state index in [-0.39, 0.29) is 55.9 Å². The average molecular weight is 717 g/mol. The van der Waals surface area contributed by atoms with E-state index in [1.54, 1.807) is 19.1 Å². The largest absolute Gasteiger partial charge is 0.493 e. The van der Waals surface area contributed by atoms with Gasteiger partial charge in [-0.1, -0.05) is 58.4 Å². The van der Waals surface area contributed by atoms with Crippen LogP contribution in [0.1, 0.15) is 100 Å². The first-order valence-corrected chi connectivity index (χ1v) is 17.5. The van der Waals surface area contributed by atoms with E-state index in [0.717, 1.165) is 49.8 Å². The number of nitrogens with zero attached hydrogens (tertiary/aromatic N) is 1. The van der Waals surface area contributed by atoms with E-state index in [2.05, 4.69) is 5.32 Å². The van der Waals surface area contributed by atoms with Gasteiger partial charge in [-0.3, -0.25) is 0 Å². The van der Waals surface area contributed by atoms with Crippen molar-refractivity contribution in [2.24, 2.45) is 5.92 Å². The second-order valence-electron chi connectivity index (χ2n) is 13.4. The van der Waals surface area contributed by atoms with Gasteiger partial charge in [-0.25, -0.2) is 4.79 Å². The van der Waals surface area contributed by atoms with E-state index in [1.807, 2.05) is 13.0 Å². The Morgan fingerprint density at radius 2 is 1.62 bits per heavy atom. The Bertz CT molecular complexity index is 1460. The molecule has 2 aliphatic heterocycles. The normalized spacial score (nSPS) is 20.3. The zero-order chi connectivity index (χ0) is 36.2. The van der Waals surface area contributed by atoms with Crippen molar-refractivity contribution in [3.63, 3.8) is 0 Å². The number of halogens is 6. The minimum Gasteiger partial charge on any atom is -0.493 e. The predicted molar refractivity (Wildman–Crippen MR) is 172 cm³/mol. The molecule has 3 aliphatic rings. The van der Waals surface area contributed by atoms with Gasteiger partial charge in [0.25, 0.3) is 5.60 Å². The first-order valence-electron chi connectivity index (χ1n) is 17.5. The van der Waals surface area contributed by atoms with Gasteiger partial charge in [0.1, 0.15) is 12.5 Å². The van der Waals surface area contributed by atoms with Crippen LogP contribution >= 0.6 is 0 Å². The van der Waals surface area contributed by atoms with Crippen LogP contribution in [0.15, 0.2) is 30.3 Å². The zero-order valence-electron chi connectivity index (χ0n) is 28.5. The topological polar surface area (TPSA) is 89.5 Å². The fourth-order valence-electron chi connectivity index (χ4n) is 7.09. The van der Waals surface area contributed by atoms with Crippen LogP contribution in [0.25, 0.3) is 0 Å². The van der Waals surface area contributed by atoms with Gasteiger partial charge in [0.15, 0.2) is 17.2 Å². The molecule has 0 spiro atoms. The number of amides is 2. The van der Waals surface area contributed by atoms with Crippen LogP contribution in [0, 0.1) is 5.92 Å². The van der Waals surface area contributed by atoms with Crippen LogP contribution in [0.4, 0.5) is 31.1 Å². The van der Waals surface area contributed by atoms with Crippen LogP contribution in [-0.2, 0) is 28.9 Å². The number of carbonyl (C=O) groups is 1. The highest BCUT2D eigenvalue weighted by Gasteiger charge is 2.71. The standard InChI is InChI=1S/C36H46F6N2O6/c1-3-10-25-19-28(34(46,35(37,38)39)36(40,41)42)20-26(14-13-24-11-6-5-7-12-24)31(25)47-18-9-8-17-44-22-50-33(4-2,43-32(44)45)27-15-16-29-30(21-27)49-23-48-29/h15-16,19-21,24,46H,3-14,17-18,22-23H2,1-2H3,(H,43,45). The minimum absolute atomic E-state index is 0.0315. The highest BCUT2D eigenvalue weighted by molar-refractivity contribution is 5.75. The molecule has 14 heteroatoms. The number of hydrogen-bond acceptors (Lipinski definition) is 6. The summed E-state index contributed by atoms with van der Waals surface area (Å²) < 4.78 is 107. The molecule has 2 N–H and O–H groups in total. The summed E-state index contributed by atoms with van der Waals surface area (Å²) >= 11 is 0. The van der Waals surface area contributed by atoms with E-state index >= 15 is 0 Å². The van der Waals surface area contributed by atoms with Gasteiger partial charge in [-0.15, -0.1) is 0 Å². The summed E-state index contributed by atoms with van der Waals surface area (Å²) in [5.74, 6) is 1.77. The maximum atomic E-state index is 13.9. The second-order valence-corrected chi connectivity index (χ2v) is 13.4. The maximum Gasteiger partial charge on any atom is 0.430 e. The molecule has 8 nitrogen and oxygen atoms in total. The summed E-state index contributed by atoms with van der Waals surface area (Å²) in [5.41, 5.74) is -6.16. The maximum absolute atomic E-state index is 13.9. The third kappa shape index (κ3) is 7.90. The van der Waals surface area contributed by atoms with Crippen molar-refractivity contribution in [3.05, 3.63) is 52.6 Å². The lowest BCUT2D eigenvalue weighted by Gasteiger charge is -2.42.